The maximum absolute atomic E-state index is 9.85. The van der Waals surface area contributed by atoms with Crippen LogP contribution in [0.15, 0.2) is 0 Å². The molecule has 6 nitrogen and oxygen atoms in total. The van der Waals surface area contributed by atoms with Crippen LogP contribution in [0.1, 0.15) is 33.1 Å². The Kier molecular flexibility index (Phi) is 53.9. The summed E-state index contributed by atoms with van der Waals surface area (Å²) in [6.45, 7) is 18.6. The fraction of sp³-hybridized carbons (Fsp3) is 0.438. The van der Waals surface area contributed by atoms with Gasteiger partial charge in [-0.05, 0) is 19.8 Å². The van der Waals surface area contributed by atoms with Gasteiger partial charge >= 0.3 is 51.0 Å². The van der Waals surface area contributed by atoms with Crippen molar-refractivity contribution in [3.8, 4) is 11.8 Å². The molecule has 1 N–H and O–H groups in total. The Balaban J connectivity index is -0.000000137. The van der Waals surface area contributed by atoms with E-state index in [4.69, 9.17) is 14.0 Å². The molecule has 0 aliphatic carbocycles. The summed E-state index contributed by atoms with van der Waals surface area (Å²) in [7, 11) is 0. The zero-order chi connectivity index (χ0) is 18.2. The van der Waals surface area contributed by atoms with Crippen molar-refractivity contribution in [1.82, 2.24) is 0 Å². The molecule has 0 amide bonds. The largest absolute Gasteiger partial charge is 2.00 e. The number of rotatable bonds is 8. The maximum atomic E-state index is 9.85. The van der Waals surface area contributed by atoms with Gasteiger partial charge in [-0.1, -0.05) is 25.7 Å². The van der Waals surface area contributed by atoms with Crippen molar-refractivity contribution in [3.05, 3.63) is 39.2 Å². The second kappa shape index (κ2) is 37.2. The van der Waals surface area contributed by atoms with Crippen molar-refractivity contribution in [1.29, 1.82) is 0 Å². The van der Waals surface area contributed by atoms with E-state index < -0.39 is 6.10 Å². The third-order valence-electron chi connectivity index (χ3n) is 1.81. The minimum atomic E-state index is -0.763. The monoisotopic (exact) mass is 362 g/mol. The minimum absolute atomic E-state index is 0. The predicted molar refractivity (Wildman–Crippen MR) is 74.2 cm³/mol. The molecule has 23 heavy (non-hydrogen) atoms. The van der Waals surface area contributed by atoms with E-state index in [1.807, 2.05) is 0 Å². The number of hydrogen-bond acceptors (Lipinski definition) is 3. The molecule has 0 aromatic carbocycles. The summed E-state index contributed by atoms with van der Waals surface area (Å²) in [6, 6.07) is 0. The number of carbonyl (C=O) groups excluding carboxylic acids is 1. The first-order valence-corrected chi connectivity index (χ1v) is 6.02. The fourth-order valence-electron chi connectivity index (χ4n) is 0.931. The second-order valence-corrected chi connectivity index (χ2v) is 3.35. The Labute approximate surface area is 149 Å². The molecule has 2 atom stereocenters. The van der Waals surface area contributed by atoms with Gasteiger partial charge in [0.1, 0.15) is 6.10 Å². The van der Waals surface area contributed by atoms with Crippen molar-refractivity contribution < 1.29 is 45.7 Å². The molecule has 0 aliphatic rings. The zero-order valence-corrected chi connectivity index (χ0v) is 14.0. The van der Waals surface area contributed by atoms with Gasteiger partial charge in [0.15, 0.2) is 0 Å². The third-order valence-corrected chi connectivity index (χ3v) is 1.81. The summed E-state index contributed by atoms with van der Waals surface area (Å²) in [5.74, 6) is 5.59. The topological polar surface area (TPSA) is 106 Å². The minimum Gasteiger partial charge on any atom is 2.00 e. The van der Waals surface area contributed by atoms with Crippen LogP contribution in [0.5, 0.6) is 0 Å². The first kappa shape index (κ1) is 33.4. The molecular weight excluding hydrogens is 344 g/mol. The van der Waals surface area contributed by atoms with Gasteiger partial charge < -0.3 is 14.6 Å². The molecule has 0 bridgehead atoms. The van der Waals surface area contributed by atoms with Crippen molar-refractivity contribution in [2.45, 2.75) is 45.3 Å². The first-order chi connectivity index (χ1) is 10.7. The van der Waals surface area contributed by atoms with Crippen molar-refractivity contribution >= 4 is 6.47 Å². The van der Waals surface area contributed by atoms with Crippen LogP contribution in [0.25, 0.3) is 0 Å². The summed E-state index contributed by atoms with van der Waals surface area (Å²) in [5.41, 5.74) is 0. The number of hydrogen-bond donors (Lipinski definition) is 1. The van der Waals surface area contributed by atoms with Gasteiger partial charge in [0.2, 0.25) is 0 Å². The van der Waals surface area contributed by atoms with E-state index in [9.17, 15) is 9.90 Å². The van der Waals surface area contributed by atoms with Crippen molar-refractivity contribution in [2.24, 2.45) is 0 Å². The van der Waals surface area contributed by atoms with Crippen molar-refractivity contribution in [2.75, 3.05) is 0 Å². The Morgan fingerprint density at radius 3 is 2.17 bits per heavy atom. The number of aliphatic hydroxyl groups is 1. The first-order valence-electron chi connectivity index (χ1n) is 6.02. The number of aliphatic hydroxyl groups excluding tert-OH is 1. The summed E-state index contributed by atoms with van der Waals surface area (Å²) in [4.78, 5) is 9.85. The Morgan fingerprint density at radius 1 is 1.22 bits per heavy atom. The molecule has 0 heterocycles. The van der Waals surface area contributed by atoms with Crippen LogP contribution in [0, 0.1) is 51.1 Å². The fourth-order valence-corrected chi connectivity index (χ4v) is 0.931. The van der Waals surface area contributed by atoms with Crippen LogP contribution in [0.3, 0.4) is 0 Å². The van der Waals surface area contributed by atoms with Gasteiger partial charge in [-0.3, -0.25) is 0 Å². The van der Waals surface area contributed by atoms with E-state index in [2.05, 4.69) is 43.5 Å². The van der Waals surface area contributed by atoms with Gasteiger partial charge in [0, 0.05) is 19.3 Å². The summed E-state index contributed by atoms with van der Waals surface area (Å²) >= 11 is 0. The van der Waals surface area contributed by atoms with Crippen LogP contribution in [0.2, 0.25) is 0 Å². The molecule has 0 saturated heterocycles. The van der Waals surface area contributed by atoms with E-state index in [0.29, 0.717) is 0 Å². The summed E-state index contributed by atoms with van der Waals surface area (Å²) in [5, 5.41) is 9.39. The molecule has 7 heteroatoms. The molecule has 0 rings (SSSR count). The molecule has 0 aromatic rings. The van der Waals surface area contributed by atoms with Gasteiger partial charge in [-0.25, -0.2) is 0 Å². The number of ether oxygens (including phenoxy) is 1. The Morgan fingerprint density at radius 2 is 1.74 bits per heavy atom. The molecule has 0 spiro atoms. The SMILES string of the molecule is CCCCC#C[C@@H](O)[CH][CH][CH][C@H](C)O[C-]=O.[C-]#[O+].[C-]#[O+].[C-]#[O+].[Fe+2]. The molecule has 125 valence electrons. The average molecular weight is 362 g/mol. The number of unbranched alkanes of at least 4 members (excludes halogenated alkanes) is 2. The molecule has 0 fully saturated rings. The van der Waals surface area contributed by atoms with E-state index in [1.165, 1.54) is 6.47 Å². The molecule has 0 unspecified atom stereocenters. The summed E-state index contributed by atoms with van der Waals surface area (Å²) in [6.07, 6.45) is 6.67. The van der Waals surface area contributed by atoms with E-state index >= 15 is 0 Å². The van der Waals surface area contributed by atoms with Crippen LogP contribution in [-0.2, 0) is 40.6 Å². The molecule has 0 aromatic heterocycles. The van der Waals surface area contributed by atoms with Crippen LogP contribution in [-0.4, -0.2) is 23.8 Å². The molecule has 0 aliphatic heterocycles. The second-order valence-electron chi connectivity index (χ2n) is 3.35. The molecule has 0 saturated carbocycles. The standard InChI is InChI=1S/C13H18O3.3CO.Fe/c1-3-4-5-6-9-13(15)10-7-8-12(2)16-11-14;3*1-2;/h7-8,10,12-13,15H,3-5H2,1-2H3;;;;/q-1;;;;+2/t12-,13+;;;;/m0..../s1. The zero-order valence-electron chi connectivity index (χ0n) is 12.9. The molecular formula is C16H18FeO6+. The molecule has 3 radical (unpaired) electrons. The Hall–Kier alpha value is -1.27. The van der Waals surface area contributed by atoms with Gasteiger partial charge in [-0.15, -0.1) is 5.92 Å². The quantitative estimate of drug-likeness (QED) is 0.233. The third kappa shape index (κ3) is 38.6. The van der Waals surface area contributed by atoms with Gasteiger partial charge in [0.05, 0.1) is 6.10 Å². The van der Waals surface area contributed by atoms with E-state index in [1.54, 1.807) is 26.2 Å². The predicted octanol–water partition coefficient (Wildman–Crippen LogP) is 1.51. The van der Waals surface area contributed by atoms with Crippen LogP contribution in [0.4, 0.5) is 0 Å². The maximum Gasteiger partial charge on any atom is 2.00 e. The average Bonchev–Trinajstić information content (AvgIpc) is 2.57. The van der Waals surface area contributed by atoms with E-state index in [0.717, 1.165) is 19.3 Å². The van der Waals surface area contributed by atoms with Gasteiger partial charge in [0.25, 0.3) is 0 Å². The van der Waals surface area contributed by atoms with Crippen LogP contribution < -0.4 is 0 Å². The van der Waals surface area contributed by atoms with Crippen molar-refractivity contribution in [3.63, 3.8) is 0 Å². The normalized spacial score (nSPS) is 9.61. The summed E-state index contributed by atoms with van der Waals surface area (Å²) < 4.78 is 27.0. The van der Waals surface area contributed by atoms with E-state index in [-0.39, 0.29) is 23.2 Å². The Bertz CT molecular complexity index is 326. The van der Waals surface area contributed by atoms with Gasteiger partial charge in [-0.2, -0.15) is 0 Å². The smallest absolute Gasteiger partial charge is 2.00 e. The van der Waals surface area contributed by atoms with Crippen LogP contribution >= 0.6 is 0 Å².